The van der Waals surface area contributed by atoms with E-state index in [-0.39, 0.29) is 10.6 Å². The zero-order valence-corrected chi connectivity index (χ0v) is 22.0. The van der Waals surface area contributed by atoms with Crippen molar-refractivity contribution in [1.29, 1.82) is 0 Å². The number of rotatable bonds is 9. The fourth-order valence-corrected chi connectivity index (χ4v) is 5.48. The van der Waals surface area contributed by atoms with Crippen LogP contribution in [0.2, 0.25) is 0 Å². The molecule has 1 aliphatic rings. The van der Waals surface area contributed by atoms with E-state index in [1.54, 1.807) is 24.3 Å². The van der Waals surface area contributed by atoms with Crippen molar-refractivity contribution >= 4 is 33.0 Å². The molecule has 1 N–H and O–H groups in total. The second kappa shape index (κ2) is 11.5. The maximum absolute atomic E-state index is 13.7. The molecular formula is C27H31N3O6S. The Morgan fingerprint density at radius 1 is 0.946 bits per heavy atom. The van der Waals surface area contributed by atoms with E-state index in [0.717, 1.165) is 28.6 Å². The number of nitrogens with one attached hydrogen (secondary N) is 1. The van der Waals surface area contributed by atoms with E-state index < -0.39 is 22.5 Å². The number of aryl methyl sites for hydroxylation is 1. The van der Waals surface area contributed by atoms with Crippen LogP contribution < -0.4 is 24.0 Å². The summed E-state index contributed by atoms with van der Waals surface area (Å²) in [6.07, 6.45) is 0. The van der Waals surface area contributed by atoms with Crippen LogP contribution in [0.1, 0.15) is 5.56 Å². The maximum Gasteiger partial charge on any atom is 0.264 e. The number of ether oxygens (including phenoxy) is 3. The van der Waals surface area contributed by atoms with E-state index in [0.29, 0.717) is 30.3 Å². The van der Waals surface area contributed by atoms with Crippen molar-refractivity contribution in [2.75, 3.05) is 61.6 Å². The molecule has 3 aromatic rings. The topological polar surface area (TPSA) is 97.4 Å². The van der Waals surface area contributed by atoms with Gasteiger partial charge in [-0.3, -0.25) is 9.10 Å². The third-order valence-electron chi connectivity index (χ3n) is 6.08. The number of amides is 1. The van der Waals surface area contributed by atoms with Crippen LogP contribution in [0.15, 0.2) is 71.6 Å². The minimum absolute atomic E-state index is 0.0200. The highest BCUT2D eigenvalue weighted by Crippen LogP contribution is 2.32. The molecule has 0 bridgehead atoms. The highest BCUT2D eigenvalue weighted by atomic mass is 32.2. The first-order valence-electron chi connectivity index (χ1n) is 11.9. The van der Waals surface area contributed by atoms with Gasteiger partial charge in [-0.15, -0.1) is 0 Å². The standard InChI is InChI=1S/C27H31N3O6S/c1-20-4-8-23(9-5-20)30(37(32,33)24-12-13-25(34-2)26(18-24)35-3)19-27(31)28-21-6-10-22(11-7-21)29-14-16-36-17-15-29/h4-13,18H,14-17,19H2,1-3H3,(H,28,31). The molecule has 0 atom stereocenters. The maximum atomic E-state index is 13.7. The van der Waals surface area contributed by atoms with Gasteiger partial charge in [0.1, 0.15) is 6.54 Å². The lowest BCUT2D eigenvalue weighted by Crippen LogP contribution is -2.38. The first-order valence-corrected chi connectivity index (χ1v) is 13.3. The minimum atomic E-state index is -4.11. The smallest absolute Gasteiger partial charge is 0.264 e. The van der Waals surface area contributed by atoms with Gasteiger partial charge in [0.2, 0.25) is 5.91 Å². The monoisotopic (exact) mass is 525 g/mol. The number of hydrogen-bond donors (Lipinski definition) is 1. The van der Waals surface area contributed by atoms with Crippen LogP contribution in [-0.4, -0.2) is 61.4 Å². The summed E-state index contributed by atoms with van der Waals surface area (Å²) in [6.45, 7) is 4.48. The Bertz CT molecular complexity index is 1320. The van der Waals surface area contributed by atoms with Gasteiger partial charge in [0.05, 0.1) is 38.0 Å². The molecule has 1 heterocycles. The molecule has 0 spiro atoms. The van der Waals surface area contributed by atoms with Gasteiger partial charge in [0.25, 0.3) is 10.0 Å². The summed E-state index contributed by atoms with van der Waals surface area (Å²) in [5, 5.41) is 2.82. The van der Waals surface area contributed by atoms with E-state index in [1.165, 1.54) is 32.4 Å². The summed E-state index contributed by atoms with van der Waals surface area (Å²) in [5.74, 6) is 0.211. The average molecular weight is 526 g/mol. The number of hydrogen-bond acceptors (Lipinski definition) is 7. The van der Waals surface area contributed by atoms with Gasteiger partial charge in [-0.1, -0.05) is 17.7 Å². The quantitative estimate of drug-likeness (QED) is 0.455. The van der Waals surface area contributed by atoms with Crippen molar-refractivity contribution in [3.8, 4) is 11.5 Å². The summed E-state index contributed by atoms with van der Waals surface area (Å²) < 4.78 is 44.5. The molecule has 0 aromatic heterocycles. The van der Waals surface area contributed by atoms with E-state index in [2.05, 4.69) is 10.2 Å². The van der Waals surface area contributed by atoms with Crippen LogP contribution in [-0.2, 0) is 19.6 Å². The van der Waals surface area contributed by atoms with E-state index in [4.69, 9.17) is 14.2 Å². The molecule has 0 saturated carbocycles. The second-order valence-corrected chi connectivity index (χ2v) is 10.4. The molecule has 196 valence electrons. The van der Waals surface area contributed by atoms with Crippen molar-refractivity contribution in [3.05, 3.63) is 72.3 Å². The molecule has 0 aliphatic carbocycles. The molecule has 3 aromatic carbocycles. The average Bonchev–Trinajstić information content (AvgIpc) is 2.92. The minimum Gasteiger partial charge on any atom is -0.493 e. The van der Waals surface area contributed by atoms with Gasteiger partial charge < -0.3 is 24.4 Å². The molecule has 1 aliphatic heterocycles. The molecule has 9 nitrogen and oxygen atoms in total. The van der Waals surface area contributed by atoms with Crippen LogP contribution in [0.3, 0.4) is 0 Å². The summed E-state index contributed by atoms with van der Waals surface area (Å²) in [6, 6.07) is 18.8. The number of sulfonamides is 1. The number of methoxy groups -OCH3 is 2. The molecule has 1 fully saturated rings. The summed E-state index contributed by atoms with van der Waals surface area (Å²) in [5.41, 5.74) is 2.96. The Kier molecular flexibility index (Phi) is 8.20. The largest absolute Gasteiger partial charge is 0.493 e. The van der Waals surface area contributed by atoms with Gasteiger partial charge in [-0.2, -0.15) is 0 Å². The van der Waals surface area contributed by atoms with Crippen molar-refractivity contribution < 1.29 is 27.4 Å². The first-order chi connectivity index (χ1) is 17.8. The lowest BCUT2D eigenvalue weighted by molar-refractivity contribution is -0.114. The first kappa shape index (κ1) is 26.3. The molecule has 0 radical (unpaired) electrons. The van der Waals surface area contributed by atoms with E-state index in [9.17, 15) is 13.2 Å². The molecule has 37 heavy (non-hydrogen) atoms. The Morgan fingerprint density at radius 2 is 1.59 bits per heavy atom. The van der Waals surface area contributed by atoms with E-state index in [1.807, 2.05) is 31.2 Å². The lowest BCUT2D eigenvalue weighted by atomic mass is 10.2. The number of benzene rings is 3. The molecule has 10 heteroatoms. The Balaban J connectivity index is 1.57. The highest BCUT2D eigenvalue weighted by molar-refractivity contribution is 7.92. The highest BCUT2D eigenvalue weighted by Gasteiger charge is 2.28. The molecule has 4 rings (SSSR count). The summed E-state index contributed by atoms with van der Waals surface area (Å²) >= 11 is 0. The van der Waals surface area contributed by atoms with Crippen molar-refractivity contribution in [2.45, 2.75) is 11.8 Å². The predicted molar refractivity (Wildman–Crippen MR) is 143 cm³/mol. The van der Waals surface area contributed by atoms with Gasteiger partial charge in [-0.25, -0.2) is 8.42 Å². The van der Waals surface area contributed by atoms with Crippen LogP contribution in [0.25, 0.3) is 0 Å². The van der Waals surface area contributed by atoms with E-state index >= 15 is 0 Å². The number of carbonyl (C=O) groups excluding carboxylic acids is 1. The van der Waals surface area contributed by atoms with Crippen LogP contribution >= 0.6 is 0 Å². The Morgan fingerprint density at radius 3 is 2.22 bits per heavy atom. The van der Waals surface area contributed by atoms with Crippen LogP contribution in [0.5, 0.6) is 11.5 Å². The Labute approximate surface area is 217 Å². The fraction of sp³-hybridized carbons (Fsp3) is 0.296. The molecule has 0 unspecified atom stereocenters. The van der Waals surface area contributed by atoms with Crippen molar-refractivity contribution in [2.24, 2.45) is 0 Å². The SMILES string of the molecule is COc1ccc(S(=O)(=O)N(CC(=O)Nc2ccc(N3CCOCC3)cc2)c2ccc(C)cc2)cc1OC. The van der Waals surface area contributed by atoms with Crippen molar-refractivity contribution in [3.63, 3.8) is 0 Å². The third kappa shape index (κ3) is 6.15. The summed E-state index contributed by atoms with van der Waals surface area (Å²) in [7, 11) is -1.21. The zero-order valence-electron chi connectivity index (χ0n) is 21.1. The number of carbonyl (C=O) groups is 1. The molecule has 1 amide bonds. The summed E-state index contributed by atoms with van der Waals surface area (Å²) in [4.78, 5) is 15.3. The lowest BCUT2D eigenvalue weighted by Gasteiger charge is -2.29. The van der Waals surface area contributed by atoms with Gasteiger partial charge >= 0.3 is 0 Å². The zero-order chi connectivity index (χ0) is 26.4. The number of anilines is 3. The molecule has 1 saturated heterocycles. The van der Waals surface area contributed by atoms with Gasteiger partial charge in [0.15, 0.2) is 11.5 Å². The number of nitrogens with zero attached hydrogens (tertiary/aromatic N) is 2. The normalized spacial score (nSPS) is 13.6. The Hall–Kier alpha value is -3.76. The number of morpholine rings is 1. The second-order valence-electron chi connectivity index (χ2n) is 8.56. The molecular weight excluding hydrogens is 494 g/mol. The third-order valence-corrected chi connectivity index (χ3v) is 7.85. The predicted octanol–water partition coefficient (Wildman–Crippen LogP) is 3.68. The van der Waals surface area contributed by atoms with Crippen molar-refractivity contribution in [1.82, 2.24) is 0 Å². The van der Waals surface area contributed by atoms with Gasteiger partial charge in [0, 0.05) is 30.5 Å². The van der Waals surface area contributed by atoms with Crippen LogP contribution in [0, 0.1) is 6.92 Å². The van der Waals surface area contributed by atoms with Crippen LogP contribution in [0.4, 0.5) is 17.1 Å². The fourth-order valence-electron chi connectivity index (χ4n) is 4.04. The van der Waals surface area contributed by atoms with Gasteiger partial charge in [-0.05, 0) is 55.5 Å².